The second-order valence-electron chi connectivity index (χ2n) is 10.5. The van der Waals surface area contributed by atoms with E-state index in [-0.39, 0.29) is 24.5 Å². The van der Waals surface area contributed by atoms with Gasteiger partial charge in [0.1, 0.15) is 24.1 Å². The van der Waals surface area contributed by atoms with Crippen LogP contribution in [0.4, 0.5) is 16.2 Å². The molecule has 4 aromatic rings. The van der Waals surface area contributed by atoms with Gasteiger partial charge >= 0.3 is 6.03 Å². The number of amides is 3. The molecular weight excluding hydrogens is 516 g/mol. The maximum atomic E-state index is 14.4. The summed E-state index contributed by atoms with van der Waals surface area (Å²) < 4.78 is 13.4. The highest BCUT2D eigenvalue weighted by Crippen LogP contribution is 2.45. The zero-order valence-corrected chi connectivity index (χ0v) is 24.3. The molecule has 1 aliphatic heterocycles. The summed E-state index contributed by atoms with van der Waals surface area (Å²) in [5.41, 5.74) is 6.11. The minimum absolute atomic E-state index is 0.119. The van der Waals surface area contributed by atoms with Gasteiger partial charge in [-0.25, -0.2) is 4.79 Å². The normalized spacial score (nSPS) is 13.8. The molecule has 1 aliphatic rings. The second kappa shape index (κ2) is 11.4. The van der Waals surface area contributed by atoms with Crippen molar-refractivity contribution in [1.82, 2.24) is 9.47 Å². The van der Waals surface area contributed by atoms with Gasteiger partial charge in [-0.15, -0.1) is 0 Å². The number of para-hydroxylation sites is 2. The van der Waals surface area contributed by atoms with Crippen LogP contribution in [0.1, 0.15) is 42.3 Å². The Hall–Kier alpha value is -4.72. The Bertz CT molecular complexity index is 1590. The maximum absolute atomic E-state index is 14.4. The molecule has 212 valence electrons. The Kier molecular flexibility index (Phi) is 7.75. The summed E-state index contributed by atoms with van der Waals surface area (Å²) in [5, 5.41) is 3.01. The summed E-state index contributed by atoms with van der Waals surface area (Å²) in [4.78, 5) is 31.3. The summed E-state index contributed by atoms with van der Waals surface area (Å²) in [6.45, 7) is 7.67. The van der Waals surface area contributed by atoms with E-state index in [2.05, 4.69) is 9.88 Å². The van der Waals surface area contributed by atoms with Crippen LogP contribution in [0, 0.1) is 13.8 Å². The molecular formula is C33H36N4O4. The standard InChI is InChI=1S/C33H36N4O4/c1-21(2)36(33(39)34-26-15-13-22(3)18-23(26)4)20-31(38)37-28-11-8-7-10-27(28)35-17-9-12-29(35)32(37)25-19-24(40-5)14-16-30(25)41-6/h7-19,21,32H,20H2,1-6H3,(H,34,39). The van der Waals surface area contributed by atoms with Crippen molar-refractivity contribution in [2.45, 2.75) is 39.8 Å². The fourth-order valence-electron chi connectivity index (χ4n) is 5.46. The number of urea groups is 1. The van der Waals surface area contributed by atoms with E-state index in [1.165, 1.54) is 0 Å². The van der Waals surface area contributed by atoms with E-state index in [9.17, 15) is 9.59 Å². The van der Waals surface area contributed by atoms with Crippen molar-refractivity contribution in [1.29, 1.82) is 0 Å². The number of hydrogen-bond donors (Lipinski definition) is 1. The van der Waals surface area contributed by atoms with Gasteiger partial charge < -0.3 is 24.3 Å². The first-order valence-corrected chi connectivity index (χ1v) is 13.7. The van der Waals surface area contributed by atoms with Gasteiger partial charge in [-0.2, -0.15) is 0 Å². The molecule has 0 saturated carbocycles. The number of hydrogen-bond acceptors (Lipinski definition) is 4. The lowest BCUT2D eigenvalue weighted by molar-refractivity contribution is -0.119. The smallest absolute Gasteiger partial charge is 0.322 e. The molecule has 0 radical (unpaired) electrons. The van der Waals surface area contributed by atoms with Crippen LogP contribution < -0.4 is 19.7 Å². The zero-order valence-electron chi connectivity index (χ0n) is 24.3. The van der Waals surface area contributed by atoms with E-state index in [0.29, 0.717) is 11.5 Å². The summed E-state index contributed by atoms with van der Waals surface area (Å²) >= 11 is 0. The first-order valence-electron chi connectivity index (χ1n) is 13.7. The van der Waals surface area contributed by atoms with Crippen LogP contribution >= 0.6 is 0 Å². The SMILES string of the molecule is COc1ccc(OC)c(C2c3cccn3-c3ccccc3N2C(=O)CN(C(=O)Nc2ccc(C)cc2C)C(C)C)c1. The summed E-state index contributed by atoms with van der Waals surface area (Å²) in [5.74, 6) is 1.07. The fraction of sp³-hybridized carbons (Fsp3) is 0.273. The van der Waals surface area contributed by atoms with Crippen LogP contribution in [-0.2, 0) is 4.79 Å². The molecule has 41 heavy (non-hydrogen) atoms. The number of carbonyl (C=O) groups is 2. The minimum atomic E-state index is -0.520. The van der Waals surface area contributed by atoms with Crippen LogP contribution in [0.5, 0.6) is 11.5 Å². The molecule has 1 N–H and O–H groups in total. The molecule has 0 saturated heterocycles. The molecule has 1 atom stereocenters. The van der Waals surface area contributed by atoms with Crippen molar-refractivity contribution in [3.63, 3.8) is 0 Å². The van der Waals surface area contributed by atoms with Gasteiger partial charge in [0, 0.05) is 23.5 Å². The van der Waals surface area contributed by atoms with E-state index >= 15 is 0 Å². The molecule has 0 spiro atoms. The van der Waals surface area contributed by atoms with Crippen molar-refractivity contribution in [2.24, 2.45) is 0 Å². The Labute approximate surface area is 241 Å². The second-order valence-corrected chi connectivity index (χ2v) is 10.5. The average Bonchev–Trinajstić information content (AvgIpc) is 3.46. The largest absolute Gasteiger partial charge is 0.497 e. The van der Waals surface area contributed by atoms with E-state index in [4.69, 9.17) is 9.47 Å². The van der Waals surface area contributed by atoms with Crippen molar-refractivity contribution in [2.75, 3.05) is 31.0 Å². The highest BCUT2D eigenvalue weighted by Gasteiger charge is 2.39. The number of fused-ring (bicyclic) bond motifs is 3. The lowest BCUT2D eigenvalue weighted by Gasteiger charge is -2.40. The van der Waals surface area contributed by atoms with Crippen molar-refractivity contribution < 1.29 is 19.1 Å². The summed E-state index contributed by atoms with van der Waals surface area (Å²) in [6, 6.07) is 22.2. The predicted molar refractivity (Wildman–Crippen MR) is 161 cm³/mol. The number of carbonyl (C=O) groups excluding carboxylic acids is 2. The molecule has 2 heterocycles. The maximum Gasteiger partial charge on any atom is 0.322 e. The fourth-order valence-corrected chi connectivity index (χ4v) is 5.46. The Morgan fingerprint density at radius 2 is 1.68 bits per heavy atom. The summed E-state index contributed by atoms with van der Waals surface area (Å²) in [7, 11) is 3.23. The van der Waals surface area contributed by atoms with Crippen LogP contribution in [-0.4, -0.2) is 48.2 Å². The van der Waals surface area contributed by atoms with E-state index in [1.54, 1.807) is 24.0 Å². The molecule has 1 unspecified atom stereocenters. The van der Waals surface area contributed by atoms with Crippen molar-refractivity contribution in [3.8, 4) is 17.2 Å². The number of methoxy groups -OCH3 is 2. The molecule has 3 aromatic carbocycles. The number of aryl methyl sites for hydroxylation is 2. The van der Waals surface area contributed by atoms with Crippen molar-refractivity contribution in [3.05, 3.63) is 101 Å². The molecule has 0 fully saturated rings. The Morgan fingerprint density at radius 1 is 0.927 bits per heavy atom. The third-order valence-corrected chi connectivity index (χ3v) is 7.53. The average molecular weight is 553 g/mol. The molecule has 5 rings (SSSR count). The van der Waals surface area contributed by atoms with E-state index in [1.807, 2.05) is 107 Å². The first kappa shape index (κ1) is 27.8. The van der Waals surface area contributed by atoms with Gasteiger partial charge in [-0.3, -0.25) is 9.69 Å². The highest BCUT2D eigenvalue weighted by atomic mass is 16.5. The van der Waals surface area contributed by atoms with Gasteiger partial charge in [-0.05, 0) is 81.8 Å². The minimum Gasteiger partial charge on any atom is -0.497 e. The van der Waals surface area contributed by atoms with Crippen LogP contribution in [0.25, 0.3) is 5.69 Å². The van der Waals surface area contributed by atoms with Crippen LogP contribution in [0.3, 0.4) is 0 Å². The predicted octanol–water partition coefficient (Wildman–Crippen LogP) is 6.49. The lowest BCUT2D eigenvalue weighted by Crippen LogP contribution is -2.49. The molecule has 0 aliphatic carbocycles. The first-order chi connectivity index (χ1) is 19.7. The quantitative estimate of drug-likeness (QED) is 0.284. The molecule has 0 bridgehead atoms. The Morgan fingerprint density at radius 3 is 2.37 bits per heavy atom. The van der Waals surface area contributed by atoms with Gasteiger partial charge in [0.05, 0.1) is 31.3 Å². The summed E-state index contributed by atoms with van der Waals surface area (Å²) in [6.07, 6.45) is 1.99. The van der Waals surface area contributed by atoms with E-state index in [0.717, 1.165) is 39.4 Å². The number of benzene rings is 3. The number of ether oxygens (including phenoxy) is 2. The van der Waals surface area contributed by atoms with Crippen molar-refractivity contribution >= 4 is 23.3 Å². The monoisotopic (exact) mass is 552 g/mol. The van der Waals surface area contributed by atoms with Gasteiger partial charge in [0.25, 0.3) is 0 Å². The molecule has 3 amide bonds. The molecule has 8 heteroatoms. The van der Waals surface area contributed by atoms with Crippen LogP contribution in [0.2, 0.25) is 0 Å². The number of anilines is 2. The number of rotatable bonds is 7. The number of aromatic nitrogens is 1. The lowest BCUT2D eigenvalue weighted by atomic mass is 9.96. The van der Waals surface area contributed by atoms with E-state index < -0.39 is 6.04 Å². The topological polar surface area (TPSA) is 76.0 Å². The third kappa shape index (κ3) is 5.25. The van der Waals surface area contributed by atoms with Gasteiger partial charge in [-0.1, -0.05) is 29.8 Å². The van der Waals surface area contributed by atoms with Gasteiger partial charge in [0.2, 0.25) is 5.91 Å². The number of nitrogens with one attached hydrogen (secondary N) is 1. The highest BCUT2D eigenvalue weighted by molar-refractivity contribution is 6.01. The molecule has 8 nitrogen and oxygen atoms in total. The third-order valence-electron chi connectivity index (χ3n) is 7.53. The van der Waals surface area contributed by atoms with Gasteiger partial charge in [0.15, 0.2) is 0 Å². The zero-order chi connectivity index (χ0) is 29.3. The Balaban J connectivity index is 1.56. The number of nitrogens with zero attached hydrogens (tertiary/aromatic N) is 3. The molecule has 1 aromatic heterocycles. The van der Waals surface area contributed by atoms with Crippen LogP contribution in [0.15, 0.2) is 79.0 Å².